The van der Waals surface area contributed by atoms with Crippen LogP contribution in [0.4, 0.5) is 4.39 Å². The number of hydrogen-bond acceptors (Lipinski definition) is 4. The highest BCUT2D eigenvalue weighted by atomic mass is 19.1. The summed E-state index contributed by atoms with van der Waals surface area (Å²) < 4.78 is 14.1. The lowest BCUT2D eigenvalue weighted by atomic mass is 9.99. The number of amides is 1. The molecule has 130 valence electrons. The number of aliphatic hydroxyl groups excluding tert-OH is 1. The summed E-state index contributed by atoms with van der Waals surface area (Å²) in [6, 6.07) is 5.71. The van der Waals surface area contributed by atoms with Crippen molar-refractivity contribution in [2.45, 2.75) is 32.4 Å². The summed E-state index contributed by atoms with van der Waals surface area (Å²) in [4.78, 5) is 16.3. The van der Waals surface area contributed by atoms with Gasteiger partial charge in [0.25, 0.3) is 5.91 Å². The first-order valence-corrected chi connectivity index (χ1v) is 8.19. The van der Waals surface area contributed by atoms with Crippen molar-refractivity contribution < 1.29 is 14.3 Å². The molecule has 0 radical (unpaired) electrons. The van der Waals surface area contributed by atoms with Crippen LogP contribution in [-0.2, 0) is 0 Å². The summed E-state index contributed by atoms with van der Waals surface area (Å²) in [7, 11) is 1.68. The largest absolute Gasteiger partial charge is 0.390 e. The summed E-state index contributed by atoms with van der Waals surface area (Å²) in [5.41, 5.74) is 0.175. The number of β-amino-alcohol motifs (C(OH)–C–C–N with tert-alkyl or cyclic N) is 1. The van der Waals surface area contributed by atoms with Crippen LogP contribution in [0.5, 0.6) is 0 Å². The highest BCUT2D eigenvalue weighted by Gasteiger charge is 2.31. The van der Waals surface area contributed by atoms with Gasteiger partial charge in [0.2, 0.25) is 0 Å². The van der Waals surface area contributed by atoms with Gasteiger partial charge < -0.3 is 10.0 Å². The average Bonchev–Trinajstić information content (AvgIpc) is 2.50. The lowest BCUT2D eigenvalue weighted by molar-refractivity contribution is -0.0123. The molecule has 0 bridgehead atoms. The van der Waals surface area contributed by atoms with E-state index in [0.717, 1.165) is 12.5 Å². The maximum Gasteiger partial charge on any atom is 0.256 e. The Bertz CT molecular complexity index is 636. The van der Waals surface area contributed by atoms with Crippen LogP contribution in [0.3, 0.4) is 0 Å². The molecule has 5 nitrogen and oxygen atoms in total. The zero-order valence-electron chi connectivity index (χ0n) is 14.4. The third-order valence-electron chi connectivity index (χ3n) is 4.35. The Morgan fingerprint density at radius 2 is 2.17 bits per heavy atom. The van der Waals surface area contributed by atoms with Gasteiger partial charge in [-0.3, -0.25) is 9.69 Å². The van der Waals surface area contributed by atoms with E-state index in [-0.39, 0.29) is 29.2 Å². The van der Waals surface area contributed by atoms with Crippen LogP contribution in [-0.4, -0.2) is 59.6 Å². The first kappa shape index (κ1) is 18.4. The highest BCUT2D eigenvalue weighted by Crippen LogP contribution is 2.19. The van der Waals surface area contributed by atoms with Crippen LogP contribution in [0.25, 0.3) is 0 Å². The Morgan fingerprint density at radius 3 is 2.67 bits per heavy atom. The lowest BCUT2D eigenvalue weighted by Crippen LogP contribution is -2.56. The molecule has 0 unspecified atom stereocenters. The molecule has 0 aromatic heterocycles. The number of nitrogens with zero attached hydrogens (tertiary/aromatic N) is 3. The number of benzene rings is 1. The van der Waals surface area contributed by atoms with Gasteiger partial charge >= 0.3 is 0 Å². The molecule has 1 saturated heterocycles. The molecule has 6 heteroatoms. The SMILES string of the molecule is CC(C)C[C@@H](CN1CC(O)C1)N(C)C(=O)c1ccc(C#N)cc1F. The molecular weight excluding hydrogens is 309 g/mol. The van der Waals surface area contributed by atoms with Gasteiger partial charge in [0.1, 0.15) is 5.82 Å². The van der Waals surface area contributed by atoms with Gasteiger partial charge in [-0.15, -0.1) is 0 Å². The van der Waals surface area contributed by atoms with Crippen LogP contribution >= 0.6 is 0 Å². The van der Waals surface area contributed by atoms with Gasteiger partial charge in [0, 0.05) is 32.7 Å². The molecule has 1 aliphatic rings. The zero-order chi connectivity index (χ0) is 17.9. The quantitative estimate of drug-likeness (QED) is 0.863. The van der Waals surface area contributed by atoms with Gasteiger partial charge in [0.05, 0.1) is 23.3 Å². The minimum absolute atomic E-state index is 0.0195. The molecule has 1 amide bonds. The Kier molecular flexibility index (Phi) is 5.92. The number of nitriles is 1. The third-order valence-corrected chi connectivity index (χ3v) is 4.35. The Hall–Kier alpha value is -1.97. The van der Waals surface area contributed by atoms with Crippen molar-refractivity contribution in [1.29, 1.82) is 5.26 Å². The van der Waals surface area contributed by atoms with Crippen molar-refractivity contribution in [3.8, 4) is 6.07 Å². The second-order valence-corrected chi connectivity index (χ2v) is 6.88. The fourth-order valence-corrected chi connectivity index (χ4v) is 3.00. The fourth-order valence-electron chi connectivity index (χ4n) is 3.00. The molecule has 1 aliphatic heterocycles. The minimum Gasteiger partial charge on any atom is -0.390 e. The minimum atomic E-state index is -0.673. The predicted octanol–water partition coefficient (Wildman–Crippen LogP) is 1.86. The summed E-state index contributed by atoms with van der Waals surface area (Å²) in [5, 5.41) is 18.2. The number of likely N-dealkylation sites (tertiary alicyclic amines) is 1. The van der Waals surface area contributed by atoms with E-state index in [4.69, 9.17) is 5.26 Å². The zero-order valence-corrected chi connectivity index (χ0v) is 14.4. The van der Waals surface area contributed by atoms with Crippen molar-refractivity contribution in [2.75, 3.05) is 26.7 Å². The second-order valence-electron chi connectivity index (χ2n) is 6.88. The molecule has 24 heavy (non-hydrogen) atoms. The molecule has 0 aliphatic carbocycles. The van der Waals surface area contributed by atoms with Gasteiger partial charge in [0.15, 0.2) is 0 Å². The first-order valence-electron chi connectivity index (χ1n) is 8.19. The number of aliphatic hydroxyl groups is 1. The number of carbonyl (C=O) groups excluding carboxylic acids is 1. The van der Waals surface area contributed by atoms with E-state index in [0.29, 0.717) is 25.6 Å². The molecule has 0 saturated carbocycles. The number of hydrogen-bond donors (Lipinski definition) is 1. The van der Waals surface area contributed by atoms with Crippen LogP contribution in [0.1, 0.15) is 36.2 Å². The van der Waals surface area contributed by atoms with Crippen molar-refractivity contribution >= 4 is 5.91 Å². The van der Waals surface area contributed by atoms with Crippen LogP contribution in [0.2, 0.25) is 0 Å². The van der Waals surface area contributed by atoms with Crippen LogP contribution in [0, 0.1) is 23.1 Å². The van der Waals surface area contributed by atoms with Crippen molar-refractivity contribution in [3.05, 3.63) is 35.1 Å². The van der Waals surface area contributed by atoms with Gasteiger partial charge in [-0.05, 0) is 30.5 Å². The number of likely N-dealkylation sites (N-methyl/N-ethyl adjacent to an activating group) is 1. The van der Waals surface area contributed by atoms with Crippen molar-refractivity contribution in [2.24, 2.45) is 5.92 Å². The van der Waals surface area contributed by atoms with Gasteiger partial charge in [-0.2, -0.15) is 5.26 Å². The summed E-state index contributed by atoms with van der Waals surface area (Å²) in [5.74, 6) is -0.667. The third kappa shape index (κ3) is 4.31. The maximum atomic E-state index is 14.1. The lowest BCUT2D eigenvalue weighted by Gasteiger charge is -2.41. The summed E-state index contributed by atoms with van der Waals surface area (Å²) in [6.07, 6.45) is 0.508. The molecule has 2 rings (SSSR count). The summed E-state index contributed by atoms with van der Waals surface area (Å²) in [6.45, 7) is 6.05. The van der Waals surface area contributed by atoms with E-state index in [1.807, 2.05) is 6.07 Å². The fraction of sp³-hybridized carbons (Fsp3) is 0.556. The predicted molar refractivity (Wildman–Crippen MR) is 88.9 cm³/mol. The van der Waals surface area contributed by atoms with E-state index < -0.39 is 5.82 Å². The topological polar surface area (TPSA) is 67.6 Å². The molecule has 1 aromatic carbocycles. The van der Waals surface area contributed by atoms with Crippen molar-refractivity contribution in [3.63, 3.8) is 0 Å². The Morgan fingerprint density at radius 1 is 1.50 bits per heavy atom. The van der Waals surface area contributed by atoms with Gasteiger partial charge in [-0.25, -0.2) is 4.39 Å². The maximum absolute atomic E-state index is 14.1. The van der Waals surface area contributed by atoms with E-state index in [2.05, 4.69) is 18.7 Å². The smallest absolute Gasteiger partial charge is 0.256 e. The van der Waals surface area contributed by atoms with Crippen LogP contribution in [0.15, 0.2) is 18.2 Å². The number of carbonyl (C=O) groups is 1. The average molecular weight is 333 g/mol. The van der Waals surface area contributed by atoms with E-state index in [1.165, 1.54) is 12.1 Å². The second kappa shape index (κ2) is 7.73. The van der Waals surface area contributed by atoms with E-state index in [1.54, 1.807) is 11.9 Å². The summed E-state index contributed by atoms with van der Waals surface area (Å²) >= 11 is 0. The molecule has 0 spiro atoms. The Balaban J connectivity index is 2.13. The molecule has 1 heterocycles. The van der Waals surface area contributed by atoms with Crippen molar-refractivity contribution in [1.82, 2.24) is 9.80 Å². The van der Waals surface area contributed by atoms with E-state index in [9.17, 15) is 14.3 Å². The Labute approximate surface area is 142 Å². The monoisotopic (exact) mass is 333 g/mol. The molecule has 1 N–H and O–H groups in total. The molecule has 1 atom stereocenters. The van der Waals surface area contributed by atoms with E-state index >= 15 is 0 Å². The standard InChI is InChI=1S/C18H24FN3O2/c1-12(2)6-14(9-22-10-15(23)11-22)21(3)18(24)16-5-4-13(8-20)7-17(16)19/h4-5,7,12,14-15,23H,6,9-11H2,1-3H3/t14-/m0/s1. The first-order chi connectivity index (χ1) is 11.3. The highest BCUT2D eigenvalue weighted by molar-refractivity contribution is 5.94. The van der Waals surface area contributed by atoms with Crippen LogP contribution < -0.4 is 0 Å². The molecular formula is C18H24FN3O2. The number of rotatable bonds is 6. The molecule has 1 fully saturated rings. The number of halogens is 1. The van der Waals surface area contributed by atoms with Gasteiger partial charge in [-0.1, -0.05) is 13.8 Å². The molecule has 1 aromatic rings. The normalized spacial score (nSPS) is 16.5.